The quantitative estimate of drug-likeness (QED) is 0.599. The summed E-state index contributed by atoms with van der Waals surface area (Å²) in [4.78, 5) is 9.19. The van der Waals surface area contributed by atoms with Crippen LogP contribution in [0.15, 0.2) is 40.9 Å². The normalized spacial score (nSPS) is 15.3. The van der Waals surface area contributed by atoms with E-state index in [4.69, 9.17) is 23.7 Å². The third kappa shape index (κ3) is 3.64. The second-order valence-corrected chi connectivity index (χ2v) is 7.22. The fourth-order valence-corrected chi connectivity index (χ4v) is 4.10. The minimum Gasteiger partial charge on any atom is -0.493 e. The number of aromatic nitrogens is 3. The van der Waals surface area contributed by atoms with Crippen molar-refractivity contribution in [3.63, 3.8) is 0 Å². The molecule has 1 aliphatic rings. The van der Waals surface area contributed by atoms with Crippen LogP contribution in [0.1, 0.15) is 48.7 Å². The van der Waals surface area contributed by atoms with Gasteiger partial charge in [0.25, 0.3) is 0 Å². The van der Waals surface area contributed by atoms with Gasteiger partial charge < -0.3 is 18.7 Å². The number of rotatable bonds is 7. The first-order valence-electron chi connectivity index (χ1n) is 9.74. The SMILES string of the molecule is COc1cccc(Cc2nc(C3(c4ccc(OC)c(OC)c4)CCCC3)no2)n1. The van der Waals surface area contributed by atoms with Crippen molar-refractivity contribution in [2.75, 3.05) is 21.3 Å². The maximum atomic E-state index is 5.60. The number of nitrogens with zero attached hydrogens (tertiary/aromatic N) is 3. The summed E-state index contributed by atoms with van der Waals surface area (Å²) in [6, 6.07) is 11.7. The van der Waals surface area contributed by atoms with Gasteiger partial charge in [-0.05, 0) is 36.6 Å². The van der Waals surface area contributed by atoms with Gasteiger partial charge in [-0.25, -0.2) is 4.98 Å². The molecule has 3 aromatic rings. The zero-order valence-electron chi connectivity index (χ0n) is 17.0. The van der Waals surface area contributed by atoms with Gasteiger partial charge in [0, 0.05) is 6.07 Å². The second-order valence-electron chi connectivity index (χ2n) is 7.22. The van der Waals surface area contributed by atoms with Crippen LogP contribution < -0.4 is 14.2 Å². The molecule has 4 rings (SSSR count). The molecule has 7 heteroatoms. The molecule has 1 fully saturated rings. The van der Waals surface area contributed by atoms with Crippen LogP contribution in [0.25, 0.3) is 0 Å². The number of methoxy groups -OCH3 is 3. The molecular formula is C22H25N3O4. The largest absolute Gasteiger partial charge is 0.493 e. The van der Waals surface area contributed by atoms with Gasteiger partial charge in [-0.15, -0.1) is 0 Å². The minimum absolute atomic E-state index is 0.275. The number of pyridine rings is 1. The molecular weight excluding hydrogens is 370 g/mol. The van der Waals surface area contributed by atoms with E-state index in [9.17, 15) is 0 Å². The van der Waals surface area contributed by atoms with E-state index in [0.29, 0.717) is 29.7 Å². The molecule has 2 aromatic heterocycles. The maximum absolute atomic E-state index is 5.60. The van der Waals surface area contributed by atoms with Crippen LogP contribution in [0.4, 0.5) is 0 Å². The van der Waals surface area contributed by atoms with Crippen molar-refractivity contribution in [2.45, 2.75) is 37.5 Å². The zero-order valence-corrected chi connectivity index (χ0v) is 17.0. The Labute approximate surface area is 170 Å². The van der Waals surface area contributed by atoms with Crippen LogP contribution in [-0.2, 0) is 11.8 Å². The van der Waals surface area contributed by atoms with E-state index in [-0.39, 0.29) is 5.41 Å². The topological polar surface area (TPSA) is 79.5 Å². The number of hydrogen-bond donors (Lipinski definition) is 0. The Morgan fingerprint density at radius 2 is 1.72 bits per heavy atom. The van der Waals surface area contributed by atoms with Gasteiger partial charge in [0.2, 0.25) is 11.8 Å². The van der Waals surface area contributed by atoms with Gasteiger partial charge in [0.05, 0.1) is 38.9 Å². The Morgan fingerprint density at radius 3 is 2.45 bits per heavy atom. The highest BCUT2D eigenvalue weighted by atomic mass is 16.5. The predicted octanol–water partition coefficient (Wildman–Crippen LogP) is 3.94. The van der Waals surface area contributed by atoms with Crippen LogP contribution in [0, 0.1) is 0 Å². The Morgan fingerprint density at radius 1 is 0.931 bits per heavy atom. The molecule has 0 radical (unpaired) electrons. The van der Waals surface area contributed by atoms with Crippen LogP contribution in [0.2, 0.25) is 0 Å². The molecule has 0 bridgehead atoms. The van der Waals surface area contributed by atoms with Gasteiger partial charge in [-0.3, -0.25) is 0 Å². The summed E-state index contributed by atoms with van der Waals surface area (Å²) in [5, 5.41) is 4.37. The monoisotopic (exact) mass is 395 g/mol. The van der Waals surface area contributed by atoms with Crippen LogP contribution in [-0.4, -0.2) is 36.5 Å². The Bertz CT molecular complexity index is 980. The molecule has 0 N–H and O–H groups in total. The lowest BCUT2D eigenvalue weighted by Gasteiger charge is -2.26. The highest BCUT2D eigenvalue weighted by molar-refractivity contribution is 5.47. The van der Waals surface area contributed by atoms with Crippen molar-refractivity contribution in [1.82, 2.24) is 15.1 Å². The summed E-state index contributed by atoms with van der Waals surface area (Å²) in [7, 11) is 4.89. The molecule has 1 saturated carbocycles. The van der Waals surface area contributed by atoms with Crippen molar-refractivity contribution < 1.29 is 18.7 Å². The van der Waals surface area contributed by atoms with Crippen LogP contribution >= 0.6 is 0 Å². The molecule has 0 atom stereocenters. The summed E-state index contributed by atoms with van der Waals surface area (Å²) in [5.74, 6) is 3.26. The van der Waals surface area contributed by atoms with Gasteiger partial charge >= 0.3 is 0 Å². The number of hydrogen-bond acceptors (Lipinski definition) is 7. The Hall–Kier alpha value is -3.09. The second kappa shape index (κ2) is 8.11. The summed E-state index contributed by atoms with van der Waals surface area (Å²) >= 11 is 0. The van der Waals surface area contributed by atoms with Crippen molar-refractivity contribution in [3.8, 4) is 17.4 Å². The van der Waals surface area contributed by atoms with Gasteiger partial charge in [0.15, 0.2) is 17.3 Å². The standard InChI is InChI=1S/C22H25N3O4/c1-26-17-10-9-15(13-18(17)27-2)22(11-4-5-12-22)21-24-20(29-25-21)14-16-7-6-8-19(23-16)28-3/h6-10,13H,4-5,11-12,14H2,1-3H3. The predicted molar refractivity (Wildman–Crippen MR) is 107 cm³/mol. The highest BCUT2D eigenvalue weighted by Crippen LogP contribution is 2.47. The fourth-order valence-electron chi connectivity index (χ4n) is 4.10. The van der Waals surface area contributed by atoms with Crippen molar-refractivity contribution in [3.05, 3.63) is 59.4 Å². The van der Waals surface area contributed by atoms with Gasteiger partial charge in [-0.1, -0.05) is 30.1 Å². The zero-order chi connectivity index (χ0) is 20.3. The van der Waals surface area contributed by atoms with Crippen molar-refractivity contribution in [1.29, 1.82) is 0 Å². The van der Waals surface area contributed by atoms with E-state index in [1.165, 1.54) is 0 Å². The Kier molecular flexibility index (Phi) is 5.38. The van der Waals surface area contributed by atoms with Gasteiger partial charge in [0.1, 0.15) is 0 Å². The summed E-state index contributed by atoms with van der Waals surface area (Å²) in [6.07, 6.45) is 4.65. The average Bonchev–Trinajstić information content (AvgIpc) is 3.44. The third-order valence-corrected chi connectivity index (χ3v) is 5.61. The molecule has 29 heavy (non-hydrogen) atoms. The van der Waals surface area contributed by atoms with E-state index < -0.39 is 0 Å². The van der Waals surface area contributed by atoms with Crippen molar-refractivity contribution >= 4 is 0 Å². The van der Waals surface area contributed by atoms with E-state index in [1.807, 2.05) is 30.3 Å². The number of ether oxygens (including phenoxy) is 3. The molecule has 0 saturated heterocycles. The van der Waals surface area contributed by atoms with E-state index in [0.717, 1.165) is 42.8 Å². The molecule has 1 aromatic carbocycles. The first kappa shape index (κ1) is 19.2. The number of benzene rings is 1. The summed E-state index contributed by atoms with van der Waals surface area (Å²) < 4.78 is 21.7. The highest BCUT2D eigenvalue weighted by Gasteiger charge is 2.42. The first-order chi connectivity index (χ1) is 14.2. The molecule has 0 unspecified atom stereocenters. The van der Waals surface area contributed by atoms with Crippen LogP contribution in [0.3, 0.4) is 0 Å². The van der Waals surface area contributed by atoms with Crippen LogP contribution in [0.5, 0.6) is 17.4 Å². The first-order valence-corrected chi connectivity index (χ1v) is 9.74. The fraction of sp³-hybridized carbons (Fsp3) is 0.409. The molecule has 1 aliphatic carbocycles. The summed E-state index contributed by atoms with van der Waals surface area (Å²) in [5.41, 5.74) is 1.67. The molecule has 0 amide bonds. The smallest absolute Gasteiger partial charge is 0.232 e. The molecule has 2 heterocycles. The third-order valence-electron chi connectivity index (χ3n) is 5.61. The molecule has 7 nitrogen and oxygen atoms in total. The maximum Gasteiger partial charge on any atom is 0.232 e. The van der Waals surface area contributed by atoms with E-state index in [2.05, 4.69) is 16.2 Å². The summed E-state index contributed by atoms with van der Waals surface area (Å²) in [6.45, 7) is 0. The average molecular weight is 395 g/mol. The lowest BCUT2D eigenvalue weighted by molar-refractivity contribution is 0.350. The van der Waals surface area contributed by atoms with Crippen molar-refractivity contribution in [2.24, 2.45) is 0 Å². The molecule has 0 aliphatic heterocycles. The lowest BCUT2D eigenvalue weighted by Crippen LogP contribution is -2.25. The van der Waals surface area contributed by atoms with Gasteiger partial charge in [-0.2, -0.15) is 4.98 Å². The molecule has 0 spiro atoms. The molecule has 152 valence electrons. The lowest BCUT2D eigenvalue weighted by atomic mass is 9.78. The minimum atomic E-state index is -0.275. The van der Waals surface area contributed by atoms with E-state index in [1.54, 1.807) is 21.3 Å². The van der Waals surface area contributed by atoms with E-state index >= 15 is 0 Å². The Balaban J connectivity index is 1.66.